The van der Waals surface area contributed by atoms with Crippen LogP contribution in [0.15, 0.2) is 94.7 Å². The smallest absolute Gasteiger partial charge is 0.207 e. The molecule has 0 radical (unpaired) electrons. The molecule has 0 amide bonds. The van der Waals surface area contributed by atoms with Gasteiger partial charge in [0.05, 0.1) is 28.3 Å². The molecule has 30 heavy (non-hydrogen) atoms. The highest BCUT2D eigenvalue weighted by Crippen LogP contribution is 2.28. The highest BCUT2D eigenvalue weighted by atomic mass is 32.3. The molecule has 6 nitrogen and oxygen atoms in total. The van der Waals surface area contributed by atoms with E-state index >= 15 is 0 Å². The average molecular weight is 445 g/mol. The summed E-state index contributed by atoms with van der Waals surface area (Å²) in [5.74, 6) is -1.66. The predicted molar refractivity (Wildman–Crippen MR) is 109 cm³/mol. The van der Waals surface area contributed by atoms with Crippen LogP contribution in [-0.2, 0) is 20.0 Å². The number of hydrogen-bond donors (Lipinski definition) is 0. The van der Waals surface area contributed by atoms with Gasteiger partial charge in [-0.1, -0.05) is 52.2 Å². The van der Waals surface area contributed by atoms with E-state index in [-0.39, 0.29) is 9.79 Å². The third kappa shape index (κ3) is 4.41. The zero-order valence-electron chi connectivity index (χ0n) is 15.6. The lowest BCUT2D eigenvalue weighted by Crippen LogP contribution is -2.39. The van der Waals surface area contributed by atoms with Gasteiger partial charge in [-0.3, -0.25) is 0 Å². The summed E-state index contributed by atoms with van der Waals surface area (Å²) in [4.78, 5) is -0.444. The van der Waals surface area contributed by atoms with E-state index in [0.717, 1.165) is 12.1 Å². The van der Waals surface area contributed by atoms with E-state index in [0.29, 0.717) is 9.27 Å². The second-order valence-electron chi connectivity index (χ2n) is 6.32. The van der Waals surface area contributed by atoms with Gasteiger partial charge in [-0.15, -0.1) is 0 Å². The third-order valence-corrected chi connectivity index (χ3v) is 8.66. The molecule has 3 aromatic carbocycles. The molecular formula is C21H17FN2O4S2. The molecule has 0 aliphatic rings. The van der Waals surface area contributed by atoms with E-state index in [1.54, 1.807) is 12.1 Å². The Morgan fingerprint density at radius 2 is 1.20 bits per heavy atom. The van der Waals surface area contributed by atoms with Gasteiger partial charge in [0.1, 0.15) is 5.82 Å². The molecule has 3 aromatic rings. The van der Waals surface area contributed by atoms with Crippen LogP contribution in [-0.4, -0.2) is 27.1 Å². The lowest BCUT2D eigenvalue weighted by Gasteiger charge is -2.24. The first-order valence-electron chi connectivity index (χ1n) is 8.80. The van der Waals surface area contributed by atoms with Crippen molar-refractivity contribution in [3.8, 4) is 6.07 Å². The zero-order valence-corrected chi connectivity index (χ0v) is 17.2. The van der Waals surface area contributed by atoms with Gasteiger partial charge in [0.15, 0.2) is 0 Å². The van der Waals surface area contributed by atoms with E-state index in [1.165, 1.54) is 60.7 Å². The van der Waals surface area contributed by atoms with Crippen LogP contribution in [0, 0.1) is 17.1 Å². The molecule has 3 rings (SSSR count). The standard InChI is InChI=1S/C21H17FN2O4S2/c22-19-13-11-17(12-14-19)18(15-23)16-24(29(25,26)20-7-3-1-4-8-20)30(27,28)21-9-5-2-6-10-21/h1-14,18H,16H2. The number of nitrogens with zero attached hydrogens (tertiary/aromatic N) is 2. The van der Waals surface area contributed by atoms with Crippen LogP contribution in [0.25, 0.3) is 0 Å². The number of nitriles is 1. The van der Waals surface area contributed by atoms with E-state index < -0.39 is 38.3 Å². The summed E-state index contributed by atoms with van der Waals surface area (Å²) in [6.07, 6.45) is 0. The van der Waals surface area contributed by atoms with Gasteiger partial charge in [-0.25, -0.2) is 21.2 Å². The Morgan fingerprint density at radius 3 is 1.60 bits per heavy atom. The molecule has 9 heteroatoms. The molecule has 0 fully saturated rings. The fraction of sp³-hybridized carbons (Fsp3) is 0.0952. The molecule has 0 aliphatic heterocycles. The van der Waals surface area contributed by atoms with Crippen molar-refractivity contribution in [2.75, 3.05) is 6.54 Å². The molecule has 154 valence electrons. The topological polar surface area (TPSA) is 95.3 Å². The molecule has 0 aromatic heterocycles. The molecule has 1 unspecified atom stereocenters. The number of sulfonamides is 2. The second kappa shape index (κ2) is 8.75. The molecular weight excluding hydrogens is 427 g/mol. The average Bonchev–Trinajstić information content (AvgIpc) is 2.76. The van der Waals surface area contributed by atoms with Crippen LogP contribution in [0.2, 0.25) is 0 Å². The van der Waals surface area contributed by atoms with Gasteiger partial charge >= 0.3 is 0 Å². The third-order valence-electron chi connectivity index (χ3n) is 4.38. The van der Waals surface area contributed by atoms with Crippen molar-refractivity contribution in [2.45, 2.75) is 15.7 Å². The summed E-state index contributed by atoms with van der Waals surface area (Å²) in [6.45, 7) is -0.656. The molecule has 1 atom stereocenters. The van der Waals surface area contributed by atoms with Crippen LogP contribution >= 0.6 is 0 Å². The Balaban J connectivity index is 2.13. The summed E-state index contributed by atoms with van der Waals surface area (Å²) >= 11 is 0. The minimum absolute atomic E-state index is 0.222. The molecule has 0 spiro atoms. The largest absolute Gasteiger partial charge is 0.256 e. The van der Waals surface area contributed by atoms with Crippen molar-refractivity contribution >= 4 is 20.0 Å². The zero-order chi connectivity index (χ0) is 21.8. The Hall–Kier alpha value is -3.06. The monoisotopic (exact) mass is 444 g/mol. The normalized spacial score (nSPS) is 13.0. The summed E-state index contributed by atoms with van der Waals surface area (Å²) in [6, 6.07) is 21.0. The van der Waals surface area contributed by atoms with Crippen LogP contribution < -0.4 is 0 Å². The first-order chi connectivity index (χ1) is 14.3. The lowest BCUT2D eigenvalue weighted by molar-refractivity contribution is 0.489. The molecule has 0 bridgehead atoms. The van der Waals surface area contributed by atoms with Gasteiger partial charge in [-0.05, 0) is 42.0 Å². The van der Waals surface area contributed by atoms with Gasteiger partial charge < -0.3 is 0 Å². The SMILES string of the molecule is N#CC(CN(S(=O)(=O)c1ccccc1)S(=O)(=O)c1ccccc1)c1ccc(F)cc1. The quantitative estimate of drug-likeness (QED) is 0.556. The first-order valence-corrected chi connectivity index (χ1v) is 11.7. The Bertz CT molecular complexity index is 1190. The predicted octanol–water partition coefficient (Wildman–Crippen LogP) is 3.51. The van der Waals surface area contributed by atoms with Crippen LogP contribution in [0.3, 0.4) is 0 Å². The van der Waals surface area contributed by atoms with Gasteiger partial charge in [0.2, 0.25) is 0 Å². The van der Waals surface area contributed by atoms with Crippen LogP contribution in [0.1, 0.15) is 11.5 Å². The van der Waals surface area contributed by atoms with E-state index in [1.807, 2.05) is 6.07 Å². The van der Waals surface area contributed by atoms with E-state index in [2.05, 4.69) is 0 Å². The number of halogens is 1. The van der Waals surface area contributed by atoms with E-state index in [4.69, 9.17) is 0 Å². The molecule has 0 saturated carbocycles. The van der Waals surface area contributed by atoms with Crippen molar-refractivity contribution in [1.82, 2.24) is 3.71 Å². The lowest BCUT2D eigenvalue weighted by atomic mass is 10.0. The Labute approximate surface area is 174 Å². The minimum Gasteiger partial charge on any atom is -0.207 e. The van der Waals surface area contributed by atoms with Crippen molar-refractivity contribution in [3.63, 3.8) is 0 Å². The summed E-state index contributed by atoms with van der Waals surface area (Å²) < 4.78 is 66.7. The van der Waals surface area contributed by atoms with Crippen LogP contribution in [0.4, 0.5) is 4.39 Å². The van der Waals surface area contributed by atoms with Gasteiger partial charge in [0.25, 0.3) is 20.0 Å². The summed E-state index contributed by atoms with van der Waals surface area (Å²) in [5.41, 5.74) is 0.301. The molecule has 0 saturated heterocycles. The van der Waals surface area contributed by atoms with Crippen molar-refractivity contribution < 1.29 is 21.2 Å². The molecule has 0 heterocycles. The molecule has 0 N–H and O–H groups in total. The maximum Gasteiger partial charge on any atom is 0.256 e. The maximum atomic E-state index is 13.3. The van der Waals surface area contributed by atoms with Gasteiger partial charge in [0, 0.05) is 0 Å². The van der Waals surface area contributed by atoms with Crippen molar-refractivity contribution in [2.24, 2.45) is 0 Å². The minimum atomic E-state index is -4.51. The fourth-order valence-electron chi connectivity index (χ4n) is 2.81. The summed E-state index contributed by atoms with van der Waals surface area (Å²) in [5, 5.41) is 9.61. The summed E-state index contributed by atoms with van der Waals surface area (Å²) in [7, 11) is -9.02. The second-order valence-corrected chi connectivity index (χ2v) is 10.3. The number of hydrogen-bond acceptors (Lipinski definition) is 5. The maximum absolute atomic E-state index is 13.3. The van der Waals surface area contributed by atoms with Crippen molar-refractivity contribution in [1.29, 1.82) is 5.26 Å². The van der Waals surface area contributed by atoms with E-state index in [9.17, 15) is 26.5 Å². The Kier molecular flexibility index (Phi) is 6.31. The first kappa shape index (κ1) is 21.6. The Morgan fingerprint density at radius 1 is 0.767 bits per heavy atom. The van der Waals surface area contributed by atoms with Crippen molar-refractivity contribution in [3.05, 3.63) is 96.3 Å². The number of rotatable bonds is 7. The fourth-order valence-corrected chi connectivity index (χ4v) is 6.52. The highest BCUT2D eigenvalue weighted by molar-refractivity contribution is 8.04. The highest BCUT2D eigenvalue weighted by Gasteiger charge is 2.38. The van der Waals surface area contributed by atoms with Gasteiger partial charge in [-0.2, -0.15) is 5.26 Å². The number of benzene rings is 3. The van der Waals surface area contributed by atoms with Crippen LogP contribution in [0.5, 0.6) is 0 Å². The molecule has 0 aliphatic carbocycles.